The van der Waals surface area contributed by atoms with Crippen molar-refractivity contribution in [3.63, 3.8) is 0 Å². The summed E-state index contributed by atoms with van der Waals surface area (Å²) in [7, 11) is 1.64. The molecule has 3 nitrogen and oxygen atoms in total. The molecular formula is C13H15BrCl2O3. The maximum Gasteiger partial charge on any atom is 0.139 e. The summed E-state index contributed by atoms with van der Waals surface area (Å²) in [6, 6.07) is 5.50. The Morgan fingerprint density at radius 3 is 2.84 bits per heavy atom. The summed E-state index contributed by atoms with van der Waals surface area (Å²) < 4.78 is 17.4. The average molecular weight is 370 g/mol. The molecule has 1 aliphatic rings. The van der Waals surface area contributed by atoms with Gasteiger partial charge in [0.05, 0.1) is 23.6 Å². The molecule has 0 bridgehead atoms. The van der Waals surface area contributed by atoms with Crippen LogP contribution in [0.1, 0.15) is 6.42 Å². The van der Waals surface area contributed by atoms with Crippen LogP contribution in [-0.4, -0.2) is 37.9 Å². The van der Waals surface area contributed by atoms with Crippen LogP contribution in [0.4, 0.5) is 0 Å². The van der Waals surface area contributed by atoms with Gasteiger partial charge in [-0.25, -0.2) is 0 Å². The van der Waals surface area contributed by atoms with Crippen molar-refractivity contribution >= 4 is 39.1 Å². The molecule has 1 aromatic carbocycles. The Balaban J connectivity index is 1.93. The highest BCUT2D eigenvalue weighted by Gasteiger charge is 2.43. The number of ether oxygens (including phenoxy) is 3. The molecule has 1 aromatic rings. The van der Waals surface area contributed by atoms with E-state index in [0.717, 1.165) is 10.9 Å². The zero-order chi connectivity index (χ0) is 13.8. The van der Waals surface area contributed by atoms with Crippen LogP contribution in [0.25, 0.3) is 0 Å². The fraction of sp³-hybridized carbons (Fsp3) is 0.538. The largest absolute Gasteiger partial charge is 0.486 e. The van der Waals surface area contributed by atoms with Gasteiger partial charge in [-0.15, -0.1) is 11.6 Å². The predicted octanol–water partition coefficient (Wildman–Crippen LogP) is 3.89. The molecule has 0 aliphatic heterocycles. The monoisotopic (exact) mass is 368 g/mol. The highest BCUT2D eigenvalue weighted by atomic mass is 79.9. The molecule has 6 heteroatoms. The third kappa shape index (κ3) is 3.99. The van der Waals surface area contributed by atoms with Crippen molar-refractivity contribution < 1.29 is 14.2 Å². The minimum atomic E-state index is -0.119. The number of halogens is 3. The Morgan fingerprint density at radius 2 is 2.16 bits per heavy atom. The third-order valence-corrected chi connectivity index (χ3v) is 4.18. The van der Waals surface area contributed by atoms with Crippen LogP contribution in [0, 0.1) is 0 Å². The van der Waals surface area contributed by atoms with Crippen LogP contribution in [0.3, 0.4) is 0 Å². The molecule has 19 heavy (non-hydrogen) atoms. The van der Waals surface area contributed by atoms with Crippen molar-refractivity contribution in [1.29, 1.82) is 0 Å². The number of rotatable bonds is 6. The molecule has 1 fully saturated rings. The fourth-order valence-corrected chi connectivity index (χ4v) is 2.77. The van der Waals surface area contributed by atoms with Gasteiger partial charge in [0.25, 0.3) is 0 Å². The van der Waals surface area contributed by atoms with E-state index in [-0.39, 0.29) is 17.6 Å². The summed E-state index contributed by atoms with van der Waals surface area (Å²) in [4.78, 5) is 0. The Hall–Kier alpha value is -0.000000000000000111. The van der Waals surface area contributed by atoms with E-state index in [2.05, 4.69) is 15.9 Å². The summed E-state index contributed by atoms with van der Waals surface area (Å²) in [5.74, 6) is 0.643. The lowest BCUT2D eigenvalue weighted by molar-refractivity contribution is -0.0898. The molecule has 1 aliphatic carbocycles. The number of hydrogen-bond donors (Lipinski definition) is 0. The van der Waals surface area contributed by atoms with E-state index in [0.29, 0.717) is 24.0 Å². The predicted molar refractivity (Wildman–Crippen MR) is 79.4 cm³/mol. The second-order valence-corrected chi connectivity index (χ2v) is 6.19. The average Bonchev–Trinajstić information content (AvgIpc) is 2.38. The quantitative estimate of drug-likeness (QED) is 0.562. The SMILES string of the molecule is COCCOC1C(Cl)CC1Oc1cc(Br)ccc1Cl. The molecule has 0 amide bonds. The molecular weight excluding hydrogens is 355 g/mol. The normalized spacial score (nSPS) is 26.0. The number of benzene rings is 1. The third-order valence-electron chi connectivity index (χ3n) is 2.95. The van der Waals surface area contributed by atoms with E-state index in [1.54, 1.807) is 13.2 Å². The van der Waals surface area contributed by atoms with E-state index < -0.39 is 0 Å². The van der Waals surface area contributed by atoms with E-state index in [1.165, 1.54) is 0 Å². The van der Waals surface area contributed by atoms with Crippen LogP contribution in [0.15, 0.2) is 22.7 Å². The van der Waals surface area contributed by atoms with Crippen LogP contribution in [-0.2, 0) is 9.47 Å². The van der Waals surface area contributed by atoms with E-state index in [9.17, 15) is 0 Å². The second kappa shape index (κ2) is 7.14. The molecule has 0 N–H and O–H groups in total. The standard InChI is InChI=1S/C13H15BrCl2O3/c1-17-4-5-18-13-10(16)7-12(13)19-11-6-8(14)2-3-9(11)15/h2-3,6,10,12-13H,4-5,7H2,1H3. The lowest BCUT2D eigenvalue weighted by atomic mass is 9.91. The van der Waals surface area contributed by atoms with Gasteiger partial charge in [0.15, 0.2) is 0 Å². The summed E-state index contributed by atoms with van der Waals surface area (Å²) >= 11 is 15.6. The Labute approximate surface area is 131 Å². The van der Waals surface area contributed by atoms with Gasteiger partial charge < -0.3 is 14.2 Å². The van der Waals surface area contributed by atoms with Crippen LogP contribution >= 0.6 is 39.1 Å². The van der Waals surface area contributed by atoms with Crippen molar-refractivity contribution in [2.45, 2.75) is 24.0 Å². The van der Waals surface area contributed by atoms with Gasteiger partial charge in [0, 0.05) is 18.0 Å². The summed E-state index contributed by atoms with van der Waals surface area (Å²) in [6.07, 6.45) is 0.570. The summed E-state index contributed by atoms with van der Waals surface area (Å²) in [5, 5.41) is 0.560. The van der Waals surface area contributed by atoms with Crippen molar-refractivity contribution in [3.05, 3.63) is 27.7 Å². The van der Waals surface area contributed by atoms with Gasteiger partial charge in [0.1, 0.15) is 18.0 Å². The van der Waals surface area contributed by atoms with Crippen molar-refractivity contribution in [1.82, 2.24) is 0 Å². The van der Waals surface area contributed by atoms with Crippen molar-refractivity contribution in [2.24, 2.45) is 0 Å². The Kier molecular flexibility index (Phi) is 5.78. The highest BCUT2D eigenvalue weighted by molar-refractivity contribution is 9.10. The summed E-state index contributed by atoms with van der Waals surface area (Å²) in [5.41, 5.74) is 0. The van der Waals surface area contributed by atoms with Gasteiger partial charge in [-0.1, -0.05) is 27.5 Å². The molecule has 2 rings (SSSR count). The van der Waals surface area contributed by atoms with Crippen molar-refractivity contribution in [2.75, 3.05) is 20.3 Å². The minimum absolute atomic E-state index is 0.0206. The number of hydrogen-bond acceptors (Lipinski definition) is 3. The second-order valence-electron chi connectivity index (χ2n) is 4.31. The van der Waals surface area contributed by atoms with Crippen LogP contribution in [0.2, 0.25) is 5.02 Å². The molecule has 106 valence electrons. The first-order valence-electron chi connectivity index (χ1n) is 5.98. The summed E-state index contributed by atoms with van der Waals surface area (Å²) in [6.45, 7) is 1.06. The van der Waals surface area contributed by atoms with Gasteiger partial charge in [-0.2, -0.15) is 0 Å². The molecule has 0 aromatic heterocycles. The lowest BCUT2D eigenvalue weighted by Crippen LogP contribution is -2.53. The highest BCUT2D eigenvalue weighted by Crippen LogP contribution is 2.36. The molecule has 3 atom stereocenters. The first kappa shape index (κ1) is 15.4. The molecule has 0 spiro atoms. The lowest BCUT2D eigenvalue weighted by Gasteiger charge is -2.40. The molecule has 3 unspecified atom stereocenters. The van der Waals surface area contributed by atoms with Crippen LogP contribution in [0.5, 0.6) is 5.75 Å². The van der Waals surface area contributed by atoms with Gasteiger partial charge in [-0.05, 0) is 18.2 Å². The topological polar surface area (TPSA) is 27.7 Å². The van der Waals surface area contributed by atoms with Crippen molar-refractivity contribution in [3.8, 4) is 5.75 Å². The van der Waals surface area contributed by atoms with Gasteiger partial charge in [-0.3, -0.25) is 0 Å². The first-order valence-corrected chi connectivity index (χ1v) is 7.59. The Bertz CT molecular complexity index is 430. The van der Waals surface area contributed by atoms with E-state index in [1.807, 2.05) is 12.1 Å². The van der Waals surface area contributed by atoms with E-state index in [4.69, 9.17) is 37.4 Å². The number of methoxy groups -OCH3 is 1. The smallest absolute Gasteiger partial charge is 0.139 e. The molecule has 0 heterocycles. The molecule has 0 radical (unpaired) electrons. The zero-order valence-corrected chi connectivity index (χ0v) is 13.5. The minimum Gasteiger partial charge on any atom is -0.486 e. The van der Waals surface area contributed by atoms with E-state index >= 15 is 0 Å². The molecule has 1 saturated carbocycles. The van der Waals surface area contributed by atoms with Gasteiger partial charge in [0.2, 0.25) is 0 Å². The zero-order valence-electron chi connectivity index (χ0n) is 10.4. The maximum absolute atomic E-state index is 6.14. The fourth-order valence-electron chi connectivity index (χ4n) is 1.85. The van der Waals surface area contributed by atoms with Gasteiger partial charge >= 0.3 is 0 Å². The first-order chi connectivity index (χ1) is 9.11. The molecule has 0 saturated heterocycles. The number of alkyl halides is 1. The maximum atomic E-state index is 6.14. The van der Waals surface area contributed by atoms with Crippen LogP contribution < -0.4 is 4.74 Å². The Morgan fingerprint density at radius 1 is 1.37 bits per heavy atom.